The lowest BCUT2D eigenvalue weighted by molar-refractivity contribution is 0.0512. The maximum atomic E-state index is 13.2. The first-order valence-electron chi connectivity index (χ1n) is 11.1. The number of carbonyl (C=O) groups is 5. The molecule has 0 saturated heterocycles. The summed E-state index contributed by atoms with van der Waals surface area (Å²) in [6, 6.07) is 16.0. The van der Waals surface area contributed by atoms with Crippen molar-refractivity contribution in [3.63, 3.8) is 0 Å². The van der Waals surface area contributed by atoms with Crippen LogP contribution in [-0.4, -0.2) is 65.4 Å². The van der Waals surface area contributed by atoms with E-state index in [2.05, 4.69) is 0 Å². The van der Waals surface area contributed by atoms with Crippen LogP contribution in [0.4, 0.5) is 0 Å². The van der Waals surface area contributed by atoms with E-state index in [0.717, 1.165) is 46.7 Å². The third kappa shape index (κ3) is 4.96. The molecule has 0 aliphatic rings. The minimum atomic E-state index is -1.20. The minimum Gasteiger partial charge on any atom is -0.465 e. The lowest BCUT2D eigenvalue weighted by atomic mass is 9.82. The van der Waals surface area contributed by atoms with Crippen molar-refractivity contribution in [3.8, 4) is 22.3 Å². The zero-order chi connectivity index (χ0) is 28.0. The predicted molar refractivity (Wildman–Crippen MR) is 134 cm³/mol. The van der Waals surface area contributed by atoms with Gasteiger partial charge in [-0.2, -0.15) is 0 Å². The molecule has 10 heteroatoms. The highest BCUT2D eigenvalue weighted by Gasteiger charge is 2.40. The Morgan fingerprint density at radius 1 is 0.395 bits per heavy atom. The van der Waals surface area contributed by atoms with Crippen LogP contribution in [0.15, 0.2) is 54.6 Å². The first kappa shape index (κ1) is 27.6. The molecule has 196 valence electrons. The molecule has 0 aliphatic heterocycles. The van der Waals surface area contributed by atoms with Gasteiger partial charge in [0.05, 0.1) is 63.4 Å². The Balaban J connectivity index is 2.59. The maximum absolute atomic E-state index is 13.2. The van der Waals surface area contributed by atoms with Crippen molar-refractivity contribution in [2.45, 2.75) is 0 Å². The fourth-order valence-electron chi connectivity index (χ4n) is 4.03. The monoisotopic (exact) mass is 520 g/mol. The van der Waals surface area contributed by atoms with Gasteiger partial charge < -0.3 is 23.7 Å². The normalized spacial score (nSPS) is 10.2. The summed E-state index contributed by atoms with van der Waals surface area (Å²) in [5.74, 6) is -5.69. The van der Waals surface area contributed by atoms with Crippen LogP contribution >= 0.6 is 0 Å². The van der Waals surface area contributed by atoms with Crippen LogP contribution in [-0.2, 0) is 23.7 Å². The molecule has 0 atom stereocenters. The number of hydrogen-bond acceptors (Lipinski definition) is 10. The van der Waals surface area contributed by atoms with Crippen LogP contribution in [0.2, 0.25) is 0 Å². The summed E-state index contributed by atoms with van der Waals surface area (Å²) in [5, 5.41) is 0. The molecule has 0 saturated carbocycles. The number of ether oxygens (including phenoxy) is 5. The van der Waals surface area contributed by atoms with E-state index in [1.54, 1.807) is 24.3 Å². The Kier molecular flexibility index (Phi) is 8.59. The largest absolute Gasteiger partial charge is 0.465 e. The van der Waals surface area contributed by atoms with Crippen molar-refractivity contribution < 1.29 is 47.7 Å². The number of rotatable bonds is 7. The van der Waals surface area contributed by atoms with Crippen LogP contribution in [0.5, 0.6) is 0 Å². The van der Waals surface area contributed by atoms with E-state index >= 15 is 0 Å². The van der Waals surface area contributed by atoms with Gasteiger partial charge in [0.25, 0.3) is 0 Å². The Morgan fingerprint density at radius 2 is 0.684 bits per heavy atom. The molecule has 0 aliphatic carbocycles. The molecule has 0 unspecified atom stereocenters. The predicted octanol–water partition coefficient (Wildman–Crippen LogP) is 3.95. The third-order valence-electron chi connectivity index (χ3n) is 5.73. The molecule has 0 N–H and O–H groups in total. The second-order valence-corrected chi connectivity index (χ2v) is 7.65. The van der Waals surface area contributed by atoms with Crippen LogP contribution in [0.25, 0.3) is 22.3 Å². The Labute approximate surface area is 218 Å². The zero-order valence-corrected chi connectivity index (χ0v) is 21.3. The lowest BCUT2D eigenvalue weighted by Gasteiger charge is -2.22. The van der Waals surface area contributed by atoms with E-state index in [-0.39, 0.29) is 11.1 Å². The maximum Gasteiger partial charge on any atom is 0.339 e. The number of carbonyl (C=O) groups excluding carboxylic acids is 5. The van der Waals surface area contributed by atoms with Gasteiger partial charge in [-0.1, -0.05) is 54.6 Å². The molecule has 0 spiro atoms. The number of benzene rings is 3. The zero-order valence-electron chi connectivity index (χ0n) is 21.3. The fourth-order valence-corrected chi connectivity index (χ4v) is 4.03. The first-order chi connectivity index (χ1) is 18.2. The van der Waals surface area contributed by atoms with Gasteiger partial charge in [-0.15, -0.1) is 0 Å². The molecule has 38 heavy (non-hydrogen) atoms. The molecular formula is C28H24O10. The van der Waals surface area contributed by atoms with Crippen molar-refractivity contribution >= 4 is 29.8 Å². The molecule has 3 aromatic carbocycles. The molecule has 0 radical (unpaired) electrons. The summed E-state index contributed by atoms with van der Waals surface area (Å²) in [5.41, 5.74) is -1.25. The second-order valence-electron chi connectivity index (χ2n) is 7.65. The topological polar surface area (TPSA) is 132 Å². The van der Waals surface area contributed by atoms with Crippen molar-refractivity contribution in [3.05, 3.63) is 82.4 Å². The average Bonchev–Trinajstić information content (AvgIpc) is 2.97. The Bertz CT molecular complexity index is 1350. The molecule has 10 nitrogen and oxygen atoms in total. The SMILES string of the molecule is COC(=O)c1c(C(=O)OC)c(C(=O)OC)c(-c2ccc(-c3ccccc3)cc2)c(C(=O)OC)c1C(=O)OC. The summed E-state index contributed by atoms with van der Waals surface area (Å²) < 4.78 is 24.3. The van der Waals surface area contributed by atoms with Gasteiger partial charge in [0.2, 0.25) is 0 Å². The number of hydrogen-bond donors (Lipinski definition) is 0. The highest BCUT2D eigenvalue weighted by Crippen LogP contribution is 2.39. The third-order valence-corrected chi connectivity index (χ3v) is 5.73. The highest BCUT2D eigenvalue weighted by molar-refractivity contribution is 6.23. The molecule has 0 bridgehead atoms. The second kappa shape index (κ2) is 11.8. The average molecular weight is 520 g/mol. The Hall–Kier alpha value is -4.99. The van der Waals surface area contributed by atoms with Crippen LogP contribution < -0.4 is 0 Å². The molecule has 0 heterocycles. The van der Waals surface area contributed by atoms with E-state index in [0.29, 0.717) is 0 Å². The van der Waals surface area contributed by atoms with Gasteiger partial charge in [-0.3, -0.25) is 0 Å². The Morgan fingerprint density at radius 3 is 1.05 bits per heavy atom. The van der Waals surface area contributed by atoms with Crippen molar-refractivity contribution in [2.75, 3.05) is 35.5 Å². The number of methoxy groups -OCH3 is 5. The van der Waals surface area contributed by atoms with E-state index in [9.17, 15) is 24.0 Å². The standard InChI is InChI=1S/C28H24O10/c1-34-24(29)19-18(17-13-11-16(12-14-17)15-9-7-6-8-10-15)20(25(30)35-2)22(27(32)37-4)23(28(33)38-5)21(19)26(31)36-3/h6-14H,1-5H3. The van der Waals surface area contributed by atoms with Gasteiger partial charge in [0, 0.05) is 5.56 Å². The first-order valence-corrected chi connectivity index (χ1v) is 11.1. The fraction of sp³-hybridized carbons (Fsp3) is 0.179. The van der Waals surface area contributed by atoms with Gasteiger partial charge in [0.1, 0.15) is 0 Å². The van der Waals surface area contributed by atoms with E-state index in [4.69, 9.17) is 23.7 Å². The van der Waals surface area contributed by atoms with Crippen LogP contribution in [0, 0.1) is 0 Å². The smallest absolute Gasteiger partial charge is 0.339 e. The summed E-state index contributed by atoms with van der Waals surface area (Å²) in [4.78, 5) is 65.3. The highest BCUT2D eigenvalue weighted by atomic mass is 16.5. The summed E-state index contributed by atoms with van der Waals surface area (Å²) >= 11 is 0. The van der Waals surface area contributed by atoms with Crippen LogP contribution in [0.3, 0.4) is 0 Å². The van der Waals surface area contributed by atoms with Gasteiger partial charge in [0.15, 0.2) is 0 Å². The van der Waals surface area contributed by atoms with Gasteiger partial charge >= 0.3 is 29.8 Å². The van der Waals surface area contributed by atoms with E-state index in [1.807, 2.05) is 30.3 Å². The van der Waals surface area contributed by atoms with Crippen LogP contribution in [0.1, 0.15) is 51.8 Å². The van der Waals surface area contributed by atoms with Crippen molar-refractivity contribution in [1.82, 2.24) is 0 Å². The van der Waals surface area contributed by atoms with E-state index in [1.165, 1.54) is 0 Å². The van der Waals surface area contributed by atoms with Gasteiger partial charge in [-0.05, 0) is 16.7 Å². The molecule has 3 aromatic rings. The molecule has 0 aromatic heterocycles. The van der Waals surface area contributed by atoms with E-state index < -0.39 is 57.7 Å². The van der Waals surface area contributed by atoms with Crippen molar-refractivity contribution in [1.29, 1.82) is 0 Å². The molecule has 0 fully saturated rings. The summed E-state index contributed by atoms with van der Waals surface area (Å²) in [6.07, 6.45) is 0. The quantitative estimate of drug-likeness (QED) is 0.333. The number of esters is 5. The molecule has 0 amide bonds. The molecule has 3 rings (SSSR count). The summed E-state index contributed by atoms with van der Waals surface area (Å²) in [7, 11) is 5.14. The van der Waals surface area contributed by atoms with Gasteiger partial charge in [-0.25, -0.2) is 24.0 Å². The minimum absolute atomic E-state index is 0.197. The molecular weight excluding hydrogens is 496 g/mol. The lowest BCUT2D eigenvalue weighted by Crippen LogP contribution is -2.27. The summed E-state index contributed by atoms with van der Waals surface area (Å²) in [6.45, 7) is 0. The van der Waals surface area contributed by atoms with Crippen molar-refractivity contribution in [2.24, 2.45) is 0 Å².